The second kappa shape index (κ2) is 6.40. The standard InChI is InChI=1S/C21H19N3O/c1-23-21(24-20(22)14-8-3-2-4-9-14)16-11-7-13-18-19(16)15-10-5-6-12-17(15)25-18/h2-13,15,17H,1H3,(H2,22,23,24). The monoisotopic (exact) mass is 329 g/mol. The van der Waals surface area contributed by atoms with E-state index < -0.39 is 0 Å². The first-order chi connectivity index (χ1) is 12.3. The van der Waals surface area contributed by atoms with Crippen molar-refractivity contribution < 1.29 is 4.74 Å². The predicted molar refractivity (Wildman–Crippen MR) is 101 cm³/mol. The highest BCUT2D eigenvalue weighted by atomic mass is 16.5. The molecule has 0 radical (unpaired) electrons. The number of amidine groups is 2. The Labute approximate surface area is 147 Å². The third-order valence-electron chi connectivity index (χ3n) is 4.51. The van der Waals surface area contributed by atoms with Crippen molar-refractivity contribution in [2.45, 2.75) is 12.0 Å². The van der Waals surface area contributed by atoms with Crippen LogP contribution < -0.4 is 10.1 Å². The Hall–Kier alpha value is -3.14. The van der Waals surface area contributed by atoms with E-state index in [1.165, 1.54) is 0 Å². The molecule has 1 aliphatic carbocycles. The third kappa shape index (κ3) is 2.76. The summed E-state index contributed by atoms with van der Waals surface area (Å²) in [5, 5.41) is 11.5. The van der Waals surface area contributed by atoms with E-state index in [0.29, 0.717) is 5.84 Å². The summed E-state index contributed by atoms with van der Waals surface area (Å²) in [4.78, 5) is 4.54. The lowest BCUT2D eigenvalue weighted by Crippen LogP contribution is -2.24. The molecular formula is C21H19N3O. The molecule has 2 aromatic carbocycles. The van der Waals surface area contributed by atoms with Crippen LogP contribution in [0.25, 0.3) is 0 Å². The number of ether oxygens (including phenoxy) is 1. The molecule has 0 saturated carbocycles. The number of rotatable bonds is 2. The van der Waals surface area contributed by atoms with Gasteiger partial charge in [-0.05, 0) is 12.1 Å². The summed E-state index contributed by atoms with van der Waals surface area (Å²) in [6.45, 7) is 0. The minimum atomic E-state index is 0.0350. The van der Waals surface area contributed by atoms with Crippen LogP contribution in [0.4, 0.5) is 0 Å². The third-order valence-corrected chi connectivity index (χ3v) is 4.51. The Morgan fingerprint density at radius 1 is 1.04 bits per heavy atom. The molecule has 0 fully saturated rings. The average Bonchev–Trinajstić information content (AvgIpc) is 3.05. The molecule has 4 nitrogen and oxygen atoms in total. The minimum Gasteiger partial charge on any atom is -0.485 e. The number of benzene rings is 2. The zero-order valence-electron chi connectivity index (χ0n) is 13.9. The van der Waals surface area contributed by atoms with Crippen LogP contribution >= 0.6 is 0 Å². The van der Waals surface area contributed by atoms with Crippen molar-refractivity contribution >= 4 is 11.7 Å². The Bertz CT molecular complexity index is 897. The Kier molecular flexibility index (Phi) is 3.94. The number of nitrogens with zero attached hydrogens (tertiary/aromatic N) is 1. The molecule has 2 atom stereocenters. The van der Waals surface area contributed by atoms with Crippen molar-refractivity contribution in [2.75, 3.05) is 7.05 Å². The van der Waals surface area contributed by atoms with E-state index >= 15 is 0 Å². The molecule has 2 aliphatic rings. The maximum Gasteiger partial charge on any atom is 0.154 e. The minimum absolute atomic E-state index is 0.0350. The Balaban J connectivity index is 1.76. The summed E-state index contributed by atoms with van der Waals surface area (Å²) in [7, 11) is 1.83. The van der Waals surface area contributed by atoms with Crippen molar-refractivity contribution in [3.05, 3.63) is 89.5 Å². The summed E-state index contributed by atoms with van der Waals surface area (Å²) < 4.78 is 6.06. The fraction of sp³-hybridized carbons (Fsp3) is 0.143. The molecule has 2 unspecified atom stereocenters. The number of hydrogen-bond donors (Lipinski definition) is 2. The van der Waals surface area contributed by atoms with Crippen molar-refractivity contribution in [3.63, 3.8) is 0 Å². The zero-order valence-corrected chi connectivity index (χ0v) is 13.9. The predicted octanol–water partition coefficient (Wildman–Crippen LogP) is 3.65. The van der Waals surface area contributed by atoms with Crippen LogP contribution in [0.15, 0.2) is 77.8 Å². The van der Waals surface area contributed by atoms with E-state index in [1.807, 2.05) is 61.7 Å². The van der Waals surface area contributed by atoms with Gasteiger partial charge in [-0.15, -0.1) is 0 Å². The highest BCUT2D eigenvalue weighted by molar-refractivity contribution is 6.11. The zero-order chi connectivity index (χ0) is 17.2. The number of nitrogens with one attached hydrogen (secondary N) is 2. The molecule has 0 saturated heterocycles. The van der Waals surface area contributed by atoms with Crippen LogP contribution in [0.5, 0.6) is 5.75 Å². The van der Waals surface area contributed by atoms with Gasteiger partial charge in [0.05, 0.1) is 0 Å². The highest BCUT2D eigenvalue weighted by Gasteiger charge is 2.34. The smallest absolute Gasteiger partial charge is 0.154 e. The molecular weight excluding hydrogens is 310 g/mol. The molecule has 2 aromatic rings. The number of aliphatic imine (C=N–C) groups is 1. The lowest BCUT2D eigenvalue weighted by Gasteiger charge is -2.16. The van der Waals surface area contributed by atoms with Crippen molar-refractivity contribution in [2.24, 2.45) is 4.99 Å². The second-order valence-corrected chi connectivity index (χ2v) is 6.02. The summed E-state index contributed by atoms with van der Waals surface area (Å²) in [5.74, 6) is 1.98. The van der Waals surface area contributed by atoms with Crippen LogP contribution in [0.2, 0.25) is 0 Å². The van der Waals surface area contributed by atoms with Gasteiger partial charge in [-0.3, -0.25) is 5.41 Å². The van der Waals surface area contributed by atoms with Gasteiger partial charge in [0.15, 0.2) is 5.84 Å². The largest absolute Gasteiger partial charge is 0.485 e. The summed E-state index contributed by atoms with van der Waals surface area (Å²) >= 11 is 0. The Morgan fingerprint density at radius 3 is 2.64 bits per heavy atom. The maximum atomic E-state index is 8.31. The lowest BCUT2D eigenvalue weighted by atomic mass is 9.88. The topological polar surface area (TPSA) is 57.5 Å². The average molecular weight is 329 g/mol. The highest BCUT2D eigenvalue weighted by Crippen LogP contribution is 2.43. The van der Waals surface area contributed by atoms with E-state index in [-0.39, 0.29) is 17.9 Å². The molecule has 0 bridgehead atoms. The lowest BCUT2D eigenvalue weighted by molar-refractivity contribution is 0.269. The Morgan fingerprint density at radius 2 is 1.84 bits per heavy atom. The number of hydrogen-bond acceptors (Lipinski definition) is 2. The normalized spacial score (nSPS) is 20.6. The fourth-order valence-corrected chi connectivity index (χ4v) is 3.33. The van der Waals surface area contributed by atoms with Gasteiger partial charge in [-0.1, -0.05) is 60.7 Å². The van der Waals surface area contributed by atoms with Gasteiger partial charge in [0, 0.05) is 29.7 Å². The van der Waals surface area contributed by atoms with Crippen molar-refractivity contribution in [3.8, 4) is 5.75 Å². The first-order valence-electron chi connectivity index (χ1n) is 8.33. The van der Waals surface area contributed by atoms with Crippen LogP contribution in [0.1, 0.15) is 22.6 Å². The SMILES string of the molecule is CN/C(=N\C(=N)c1ccccc1)c1cccc2c1C1C=CC=CC1O2. The molecule has 0 amide bonds. The van der Waals surface area contributed by atoms with Crippen molar-refractivity contribution in [1.82, 2.24) is 5.32 Å². The molecule has 4 heteroatoms. The molecule has 25 heavy (non-hydrogen) atoms. The maximum absolute atomic E-state index is 8.31. The van der Waals surface area contributed by atoms with Crippen molar-refractivity contribution in [1.29, 1.82) is 5.41 Å². The van der Waals surface area contributed by atoms with Gasteiger partial charge < -0.3 is 10.1 Å². The van der Waals surface area contributed by atoms with E-state index in [1.54, 1.807) is 0 Å². The fourth-order valence-electron chi connectivity index (χ4n) is 3.33. The van der Waals surface area contributed by atoms with Crippen LogP contribution in [0.3, 0.4) is 0 Å². The summed E-state index contributed by atoms with van der Waals surface area (Å²) in [5.41, 5.74) is 2.90. The first kappa shape index (κ1) is 15.4. The van der Waals surface area contributed by atoms with Gasteiger partial charge in [-0.2, -0.15) is 0 Å². The molecule has 0 aromatic heterocycles. The van der Waals surface area contributed by atoms with E-state index in [2.05, 4.69) is 28.5 Å². The van der Waals surface area contributed by atoms with Crippen LogP contribution in [-0.2, 0) is 0 Å². The van der Waals surface area contributed by atoms with Gasteiger partial charge in [0.25, 0.3) is 0 Å². The van der Waals surface area contributed by atoms with E-state index in [0.717, 1.165) is 22.4 Å². The second-order valence-electron chi connectivity index (χ2n) is 6.02. The molecule has 124 valence electrons. The van der Waals surface area contributed by atoms with Crippen LogP contribution in [0, 0.1) is 5.41 Å². The molecule has 1 aliphatic heterocycles. The molecule has 0 spiro atoms. The van der Waals surface area contributed by atoms with Gasteiger partial charge >= 0.3 is 0 Å². The molecule has 4 rings (SSSR count). The molecule has 1 heterocycles. The van der Waals surface area contributed by atoms with E-state index in [9.17, 15) is 0 Å². The van der Waals surface area contributed by atoms with Crippen LogP contribution in [-0.4, -0.2) is 24.8 Å². The van der Waals surface area contributed by atoms with E-state index in [4.69, 9.17) is 10.1 Å². The summed E-state index contributed by atoms with van der Waals surface area (Å²) in [6, 6.07) is 15.5. The molecule has 2 N–H and O–H groups in total. The summed E-state index contributed by atoms with van der Waals surface area (Å²) in [6.07, 6.45) is 8.35. The van der Waals surface area contributed by atoms with Gasteiger partial charge in [0.1, 0.15) is 17.7 Å². The van der Waals surface area contributed by atoms with Gasteiger partial charge in [0.2, 0.25) is 0 Å². The number of allylic oxidation sites excluding steroid dienone is 2. The quantitative estimate of drug-likeness (QED) is 0.653. The van der Waals surface area contributed by atoms with Gasteiger partial charge in [-0.25, -0.2) is 4.99 Å². The first-order valence-corrected chi connectivity index (χ1v) is 8.33. The number of fused-ring (bicyclic) bond motifs is 3.